The lowest BCUT2D eigenvalue weighted by molar-refractivity contribution is 0.482. The molecule has 0 unspecified atom stereocenters. The number of nitrogens with zero attached hydrogens (tertiary/aromatic N) is 10. The van der Waals surface area contributed by atoms with Crippen LogP contribution in [0, 0.1) is 0 Å². The van der Waals surface area contributed by atoms with Gasteiger partial charge < -0.3 is 58.5 Å². The maximum atomic E-state index is 8.51. The van der Waals surface area contributed by atoms with Gasteiger partial charge in [0.2, 0.25) is 0 Å². The molecule has 12 nitrogen and oxygen atoms in total. The molecule has 4 aliphatic rings. The minimum absolute atomic E-state index is 0.133. The predicted octanol–water partition coefficient (Wildman–Crippen LogP) is 21.8. The molecule has 96 heavy (non-hydrogen) atoms. The number of hydrogen-bond donors (Lipinski definition) is 0. The van der Waals surface area contributed by atoms with Crippen molar-refractivity contribution in [3.63, 3.8) is 0 Å². The van der Waals surface area contributed by atoms with Crippen molar-refractivity contribution in [2.75, 3.05) is 89.7 Å². The number of fused-ring (bicyclic) bond motifs is 4. The second-order valence-electron chi connectivity index (χ2n) is 24.3. The van der Waals surface area contributed by atoms with Crippen LogP contribution < -0.4 is 58.5 Å². The van der Waals surface area contributed by atoms with Gasteiger partial charge >= 0.3 is 0 Å². The van der Waals surface area contributed by atoms with E-state index in [1.807, 2.05) is 84.9 Å². The lowest BCUT2D eigenvalue weighted by atomic mass is 10.1. The molecule has 0 bridgehead atoms. The van der Waals surface area contributed by atoms with Gasteiger partial charge in [-0.2, -0.15) is 0 Å². The van der Waals surface area contributed by atoms with Crippen molar-refractivity contribution in [1.29, 1.82) is 0 Å². The second kappa shape index (κ2) is 24.5. The number of rotatable bonds is 16. The Bertz CT molecular complexity index is 5010. The summed E-state index contributed by atoms with van der Waals surface area (Å²) >= 11 is 0. The molecule has 0 atom stereocenters. The van der Waals surface area contributed by atoms with E-state index in [9.17, 15) is 0 Å². The molecular formula is C84H68N10O2. The average Bonchev–Trinajstić information content (AvgIpc) is 1.69. The lowest BCUT2D eigenvalue weighted by Gasteiger charge is -2.28. The van der Waals surface area contributed by atoms with Crippen molar-refractivity contribution >= 4 is 114 Å². The number of anilines is 20. The van der Waals surface area contributed by atoms with Crippen LogP contribution in [0.15, 0.2) is 328 Å². The van der Waals surface area contributed by atoms with Crippen LogP contribution in [0.2, 0.25) is 0 Å². The van der Waals surface area contributed by atoms with Crippen molar-refractivity contribution in [1.82, 2.24) is 0 Å². The summed E-state index contributed by atoms with van der Waals surface area (Å²) in [4.78, 5) is 22.1. The van der Waals surface area contributed by atoms with Gasteiger partial charge in [-0.3, -0.25) is 0 Å². The molecule has 0 fully saturated rings. The zero-order chi connectivity index (χ0) is 66.6. The molecule has 0 aliphatic carbocycles. The molecule has 0 saturated heterocycles. The Morgan fingerprint density at radius 3 is 0.896 bits per heavy atom. The number of benzene rings is 13. The topological polar surface area (TPSA) is 50.9 Å². The van der Waals surface area contributed by atoms with Crippen LogP contribution in [0.3, 0.4) is 0 Å². The van der Waals surface area contributed by atoms with Gasteiger partial charge in [0.05, 0.1) is 70.2 Å². The van der Waals surface area contributed by atoms with Gasteiger partial charge in [-0.1, -0.05) is 133 Å². The second-order valence-corrected chi connectivity index (χ2v) is 24.3. The number of ether oxygens (including phenoxy) is 2. The third kappa shape index (κ3) is 10.8. The molecule has 12 heteroatoms. The van der Waals surface area contributed by atoms with E-state index in [1.165, 1.54) is 10.6 Å². The molecule has 0 aromatic heterocycles. The van der Waals surface area contributed by atoms with Crippen molar-refractivity contribution < 1.29 is 13.6 Å². The zero-order valence-electron chi connectivity index (χ0n) is 55.8. The highest BCUT2D eigenvalue weighted by atomic mass is 16.5. The highest BCUT2D eigenvalue weighted by Gasteiger charge is 2.33. The molecule has 0 spiro atoms. The van der Waals surface area contributed by atoms with E-state index in [0.29, 0.717) is 37.2 Å². The summed E-state index contributed by atoms with van der Waals surface area (Å²) in [5, 5.41) is 0. The Morgan fingerprint density at radius 2 is 0.531 bits per heavy atom. The summed E-state index contributed by atoms with van der Waals surface area (Å²) in [5.74, 6) is 2.69. The molecule has 0 saturated carbocycles. The van der Waals surface area contributed by atoms with Crippen molar-refractivity contribution in [3.8, 4) is 23.0 Å². The molecule has 13 aromatic rings. The quantitative estimate of drug-likeness (QED) is 0.0926. The highest BCUT2D eigenvalue weighted by molar-refractivity contribution is 5.92. The monoisotopic (exact) mass is 1250 g/mol. The first-order chi connectivity index (χ1) is 48.6. The van der Waals surface area contributed by atoms with Crippen LogP contribution in [-0.4, -0.2) is 40.7 Å². The summed E-state index contributed by atoms with van der Waals surface area (Å²) < 4.78 is 39.6. The van der Waals surface area contributed by atoms with Crippen LogP contribution in [0.25, 0.3) is 0 Å². The lowest BCUT2D eigenvalue weighted by Crippen LogP contribution is -2.25. The first-order valence-electron chi connectivity index (χ1n) is 33.9. The molecular weight excluding hydrogens is 1180 g/mol. The molecule has 0 radical (unpaired) electrons. The summed E-state index contributed by atoms with van der Waals surface area (Å²) in [5.41, 5.74) is 19.9. The van der Waals surface area contributed by atoms with Gasteiger partial charge in [-0.25, -0.2) is 0 Å². The van der Waals surface area contributed by atoms with Gasteiger partial charge in [0.1, 0.15) is 36.3 Å². The SMILES string of the molecule is [2H]C([2H])([2H])N1CN(c2cc(Oc3cccc(N4CN(c5ccc(N6CN(c7cccc(Oc8cc(N9CN(C)c%10ccccc%109)cc(N(c9ccccc9)c9ccccc9)c8)c7)c7ccccc76)cc5)c5ccccc54)c3)cc(N(c3ccccc3)c3ccccc3)c2)c2ccccc21. The normalized spacial score (nSPS) is 14.2. The van der Waals surface area contributed by atoms with Gasteiger partial charge in [0.25, 0.3) is 0 Å². The van der Waals surface area contributed by atoms with E-state index in [0.717, 1.165) is 114 Å². The van der Waals surface area contributed by atoms with Gasteiger partial charge in [0, 0.05) is 111 Å². The summed E-state index contributed by atoms with van der Waals surface area (Å²) in [6.07, 6.45) is 0. The van der Waals surface area contributed by atoms with Crippen LogP contribution >= 0.6 is 0 Å². The molecule has 0 N–H and O–H groups in total. The standard InChI is InChI=1S/C84H68N10O2/c1-85-57-87(79-39-17-15-37-77(79)85)69-49-71(93(63-25-7-3-8-26-63)64-27-9-4-10-28-64)55-75(53-69)95-73-35-23-33-67(51-73)91-59-89(81-41-19-21-43-83(81)91)61-45-47-62(48-46-61)90-60-92(84-44-22-20-42-82(84)90)68-34-24-36-74(52-68)96-76-54-70(88-58-86(2)78-38-16-18-40-80(78)88)50-72(56-76)94(65-29-11-5-12-30-65)66-31-13-6-14-32-66/h3-56H,57-60H2,1-2H3/i1D3. The largest absolute Gasteiger partial charge is 0.457 e. The molecule has 4 aliphatic heterocycles. The fraction of sp³-hybridized carbons (Fsp3) is 0.0714. The smallest absolute Gasteiger partial charge is 0.131 e. The Balaban J connectivity index is 0.643. The summed E-state index contributed by atoms with van der Waals surface area (Å²) in [6.45, 7) is -0.377. The first-order valence-corrected chi connectivity index (χ1v) is 32.4. The van der Waals surface area contributed by atoms with Crippen molar-refractivity contribution in [3.05, 3.63) is 328 Å². The Kier molecular flexibility index (Phi) is 13.8. The number of hydrogen-bond acceptors (Lipinski definition) is 12. The molecule has 4 heterocycles. The Labute approximate surface area is 564 Å². The fourth-order valence-electron chi connectivity index (χ4n) is 13.9. The average molecular weight is 1250 g/mol. The fourth-order valence-corrected chi connectivity index (χ4v) is 13.9. The van der Waals surface area contributed by atoms with Crippen LogP contribution in [0.1, 0.15) is 4.11 Å². The van der Waals surface area contributed by atoms with Crippen LogP contribution in [0.5, 0.6) is 23.0 Å². The predicted molar refractivity (Wildman–Crippen MR) is 397 cm³/mol. The van der Waals surface area contributed by atoms with E-state index in [2.05, 4.69) is 294 Å². The third-order valence-electron chi connectivity index (χ3n) is 18.3. The van der Waals surface area contributed by atoms with Crippen molar-refractivity contribution in [2.45, 2.75) is 0 Å². The Hall–Kier alpha value is -12.5. The summed E-state index contributed by atoms with van der Waals surface area (Å²) in [7, 11) is 2.14. The van der Waals surface area contributed by atoms with E-state index in [1.54, 1.807) is 0 Å². The van der Waals surface area contributed by atoms with Gasteiger partial charge in [-0.15, -0.1) is 0 Å². The van der Waals surface area contributed by atoms with Gasteiger partial charge in [0.15, 0.2) is 0 Å². The van der Waals surface area contributed by atoms with Crippen LogP contribution in [-0.2, 0) is 0 Å². The number of para-hydroxylation sites is 12. The molecule has 13 aromatic carbocycles. The Morgan fingerprint density at radius 1 is 0.240 bits per heavy atom. The van der Waals surface area contributed by atoms with E-state index < -0.39 is 6.98 Å². The zero-order valence-corrected chi connectivity index (χ0v) is 52.8. The maximum Gasteiger partial charge on any atom is 0.131 e. The van der Waals surface area contributed by atoms with E-state index >= 15 is 0 Å². The maximum absolute atomic E-state index is 8.51. The highest BCUT2D eigenvalue weighted by Crippen LogP contribution is 2.51. The molecule has 0 amide bonds. The van der Waals surface area contributed by atoms with Gasteiger partial charge in [-0.05, 0) is 158 Å². The summed E-state index contributed by atoms with van der Waals surface area (Å²) in [6, 6.07) is 113. The van der Waals surface area contributed by atoms with Crippen LogP contribution in [0.4, 0.5) is 114 Å². The molecule has 466 valence electrons. The van der Waals surface area contributed by atoms with Crippen molar-refractivity contribution in [2.24, 2.45) is 0 Å². The third-order valence-corrected chi connectivity index (χ3v) is 18.3. The minimum atomic E-state index is -2.36. The molecule has 17 rings (SSSR count). The van der Waals surface area contributed by atoms with E-state index in [-0.39, 0.29) is 6.67 Å². The minimum Gasteiger partial charge on any atom is -0.457 e. The van der Waals surface area contributed by atoms with E-state index in [4.69, 9.17) is 13.6 Å². The first kappa shape index (κ1) is 54.1.